The molecule has 0 atom stereocenters. The number of rotatable bonds is 3. The summed E-state index contributed by atoms with van der Waals surface area (Å²) in [6.07, 6.45) is 2.61. The van der Waals surface area contributed by atoms with Crippen molar-refractivity contribution in [1.29, 1.82) is 0 Å². The number of aryl methyl sites for hydroxylation is 1. The van der Waals surface area contributed by atoms with Crippen LogP contribution >= 0.6 is 12.4 Å². The third-order valence-corrected chi connectivity index (χ3v) is 5.13. The number of benzene rings is 1. The molecule has 144 valence electrons. The number of carbonyl (C=O) groups excluding carboxylic acids is 1. The summed E-state index contributed by atoms with van der Waals surface area (Å²) < 4.78 is 11.0. The second-order valence-corrected chi connectivity index (χ2v) is 6.85. The Kier molecular flexibility index (Phi) is 5.87. The fourth-order valence-corrected chi connectivity index (χ4v) is 3.74. The first kappa shape index (κ1) is 19.5. The quantitative estimate of drug-likeness (QED) is 0.842. The highest BCUT2D eigenvalue weighted by molar-refractivity contribution is 6.05. The van der Waals surface area contributed by atoms with Crippen molar-refractivity contribution in [2.45, 2.75) is 32.1 Å². The highest BCUT2D eigenvalue weighted by Gasteiger charge is 2.24. The minimum Gasteiger partial charge on any atom is -0.493 e. The van der Waals surface area contributed by atoms with E-state index in [2.05, 4.69) is 10.6 Å². The van der Waals surface area contributed by atoms with Crippen molar-refractivity contribution >= 4 is 24.0 Å². The van der Waals surface area contributed by atoms with Gasteiger partial charge in [-0.3, -0.25) is 4.79 Å². The summed E-state index contributed by atoms with van der Waals surface area (Å²) >= 11 is 0. The molecule has 1 saturated heterocycles. The molecule has 1 aromatic carbocycles. The Morgan fingerprint density at radius 1 is 1.26 bits per heavy atom. The molecule has 7 heteroatoms. The van der Waals surface area contributed by atoms with Crippen LogP contribution < -0.4 is 21.0 Å². The largest absolute Gasteiger partial charge is 0.493 e. The molecule has 2 aromatic rings. The Morgan fingerprint density at radius 2 is 2.04 bits per heavy atom. The van der Waals surface area contributed by atoms with Crippen LogP contribution in [0.25, 0.3) is 0 Å². The van der Waals surface area contributed by atoms with Crippen molar-refractivity contribution in [2.75, 3.05) is 25.0 Å². The van der Waals surface area contributed by atoms with E-state index in [1.54, 1.807) is 6.92 Å². The predicted octanol–water partition coefficient (Wildman–Crippen LogP) is 3.02. The van der Waals surface area contributed by atoms with Gasteiger partial charge in [-0.25, -0.2) is 4.79 Å². The molecular weight excluding hydrogens is 368 g/mol. The molecule has 2 aliphatic rings. The molecule has 27 heavy (non-hydrogen) atoms. The summed E-state index contributed by atoms with van der Waals surface area (Å²) in [5.74, 6) is 1.26. The maximum atomic E-state index is 12.7. The summed E-state index contributed by atoms with van der Waals surface area (Å²) in [5.41, 5.74) is 1.80. The Morgan fingerprint density at radius 3 is 2.78 bits per heavy atom. The number of hydrogen-bond donors (Lipinski definition) is 2. The van der Waals surface area contributed by atoms with Gasteiger partial charge in [0.1, 0.15) is 17.1 Å². The second kappa shape index (κ2) is 8.15. The highest BCUT2D eigenvalue weighted by atomic mass is 35.5. The van der Waals surface area contributed by atoms with E-state index < -0.39 is 11.5 Å². The summed E-state index contributed by atoms with van der Waals surface area (Å²) in [7, 11) is 0. The number of carbonyl (C=O) groups is 1. The zero-order chi connectivity index (χ0) is 18.1. The van der Waals surface area contributed by atoms with Crippen LogP contribution in [0.5, 0.6) is 5.75 Å². The van der Waals surface area contributed by atoms with Crippen molar-refractivity contribution in [3.8, 4) is 5.75 Å². The molecule has 0 spiro atoms. The number of nitrogens with one attached hydrogen (secondary N) is 2. The van der Waals surface area contributed by atoms with Gasteiger partial charge >= 0.3 is 5.63 Å². The molecule has 0 saturated carbocycles. The Hall–Kier alpha value is -2.31. The predicted molar refractivity (Wildman–Crippen MR) is 105 cm³/mol. The van der Waals surface area contributed by atoms with Crippen molar-refractivity contribution in [2.24, 2.45) is 0 Å². The first-order valence-electron chi connectivity index (χ1n) is 9.05. The standard InChI is InChI=1S/C20H22N2O4.ClH/c1-12-11-17(13-5-8-21-9-6-13)26-20(24)18(12)19(23)22-15-3-2-4-16-14(15)7-10-25-16;/h2-4,11,13,21H,5-10H2,1H3,(H,22,23);1H. The maximum Gasteiger partial charge on any atom is 0.349 e. The van der Waals surface area contributed by atoms with Gasteiger partial charge in [0.25, 0.3) is 5.91 Å². The van der Waals surface area contributed by atoms with Crippen molar-refractivity contribution < 1.29 is 13.9 Å². The van der Waals surface area contributed by atoms with Crippen molar-refractivity contribution in [3.63, 3.8) is 0 Å². The van der Waals surface area contributed by atoms with Crippen LogP contribution in [-0.4, -0.2) is 25.6 Å². The van der Waals surface area contributed by atoms with E-state index in [9.17, 15) is 9.59 Å². The minimum atomic E-state index is -0.570. The summed E-state index contributed by atoms with van der Waals surface area (Å²) in [5, 5.41) is 6.15. The van der Waals surface area contributed by atoms with Crippen LogP contribution in [0.4, 0.5) is 5.69 Å². The van der Waals surface area contributed by atoms with Gasteiger partial charge in [-0.15, -0.1) is 12.4 Å². The van der Waals surface area contributed by atoms with Crippen molar-refractivity contribution in [3.05, 3.63) is 57.1 Å². The Labute approximate surface area is 163 Å². The monoisotopic (exact) mass is 390 g/mol. The molecule has 3 heterocycles. The normalized spacial score (nSPS) is 16.2. The van der Waals surface area contributed by atoms with E-state index >= 15 is 0 Å². The molecule has 1 amide bonds. The third-order valence-electron chi connectivity index (χ3n) is 5.13. The number of hydrogen-bond acceptors (Lipinski definition) is 5. The van der Waals surface area contributed by atoms with E-state index in [-0.39, 0.29) is 23.9 Å². The molecule has 1 fully saturated rings. The van der Waals surface area contributed by atoms with Crippen molar-refractivity contribution in [1.82, 2.24) is 5.32 Å². The van der Waals surface area contributed by atoms with Crippen LogP contribution in [0.2, 0.25) is 0 Å². The van der Waals surface area contributed by atoms with Crippen LogP contribution in [0.1, 0.15) is 46.0 Å². The fraction of sp³-hybridized carbons (Fsp3) is 0.400. The molecule has 0 aliphatic carbocycles. The second-order valence-electron chi connectivity index (χ2n) is 6.85. The van der Waals surface area contributed by atoms with E-state index in [4.69, 9.17) is 9.15 Å². The summed E-state index contributed by atoms with van der Waals surface area (Å²) in [4.78, 5) is 25.2. The number of ether oxygens (including phenoxy) is 1. The van der Waals surface area contributed by atoms with Gasteiger partial charge in [0, 0.05) is 23.6 Å². The van der Waals surface area contributed by atoms with Crippen LogP contribution in [0.15, 0.2) is 33.5 Å². The molecule has 0 unspecified atom stereocenters. The number of halogens is 1. The molecule has 6 nitrogen and oxygen atoms in total. The average Bonchev–Trinajstić information content (AvgIpc) is 3.11. The highest BCUT2D eigenvalue weighted by Crippen LogP contribution is 2.32. The van der Waals surface area contributed by atoms with Gasteiger partial charge in [-0.2, -0.15) is 0 Å². The molecule has 4 rings (SSSR count). The molecule has 1 aromatic heterocycles. The first-order chi connectivity index (χ1) is 12.6. The van der Waals surface area contributed by atoms with Gasteiger partial charge < -0.3 is 19.8 Å². The van der Waals surface area contributed by atoms with E-state index in [0.29, 0.717) is 23.6 Å². The van der Waals surface area contributed by atoms with E-state index in [1.807, 2.05) is 24.3 Å². The average molecular weight is 391 g/mol. The van der Waals surface area contributed by atoms with Crippen LogP contribution in [0.3, 0.4) is 0 Å². The lowest BCUT2D eigenvalue weighted by molar-refractivity contribution is 0.102. The minimum absolute atomic E-state index is 0. The number of piperidine rings is 1. The van der Waals surface area contributed by atoms with Gasteiger partial charge in [-0.1, -0.05) is 6.07 Å². The Balaban J connectivity index is 0.00000210. The van der Waals surface area contributed by atoms with E-state index in [0.717, 1.165) is 43.7 Å². The van der Waals surface area contributed by atoms with Gasteiger partial charge in [0.05, 0.1) is 6.61 Å². The third kappa shape index (κ3) is 3.87. The zero-order valence-corrected chi connectivity index (χ0v) is 16.0. The molecule has 0 radical (unpaired) electrons. The number of amides is 1. The van der Waals surface area contributed by atoms with Crippen LogP contribution in [0, 0.1) is 6.92 Å². The molecular formula is C20H23ClN2O4. The van der Waals surface area contributed by atoms with E-state index in [1.165, 1.54) is 0 Å². The number of anilines is 1. The smallest absolute Gasteiger partial charge is 0.349 e. The lowest BCUT2D eigenvalue weighted by atomic mass is 9.94. The lowest BCUT2D eigenvalue weighted by Crippen LogP contribution is -2.28. The van der Waals surface area contributed by atoms with Gasteiger partial charge in [0.2, 0.25) is 0 Å². The Bertz CT molecular complexity index is 903. The number of fused-ring (bicyclic) bond motifs is 1. The molecule has 2 N–H and O–H groups in total. The lowest BCUT2D eigenvalue weighted by Gasteiger charge is -2.22. The SMILES string of the molecule is Cc1cc(C2CCNCC2)oc(=O)c1C(=O)Nc1cccc2c1CCO2.Cl. The zero-order valence-electron chi connectivity index (χ0n) is 15.2. The van der Waals surface area contributed by atoms with Gasteiger partial charge in [0.15, 0.2) is 0 Å². The molecule has 2 aliphatic heterocycles. The van der Waals surface area contributed by atoms with Crippen LogP contribution in [-0.2, 0) is 6.42 Å². The fourth-order valence-electron chi connectivity index (χ4n) is 3.74. The maximum absolute atomic E-state index is 12.7. The topological polar surface area (TPSA) is 80.6 Å². The van der Waals surface area contributed by atoms with Gasteiger partial charge in [-0.05, 0) is 56.6 Å². The summed E-state index contributed by atoms with van der Waals surface area (Å²) in [6.45, 7) is 4.22. The summed E-state index contributed by atoms with van der Waals surface area (Å²) in [6, 6.07) is 7.37. The first-order valence-corrected chi connectivity index (χ1v) is 9.05. The molecule has 0 bridgehead atoms.